The summed E-state index contributed by atoms with van der Waals surface area (Å²) < 4.78 is 0. The summed E-state index contributed by atoms with van der Waals surface area (Å²) in [5, 5.41) is 4.90. The molecule has 0 aromatic carbocycles. The maximum Gasteiger partial charge on any atom is 0.270 e. The van der Waals surface area contributed by atoms with E-state index in [0.717, 1.165) is 17.7 Å². The van der Waals surface area contributed by atoms with Gasteiger partial charge in [-0.1, -0.05) is 12.1 Å². The van der Waals surface area contributed by atoms with Crippen LogP contribution in [0.5, 0.6) is 0 Å². The third-order valence-electron chi connectivity index (χ3n) is 3.75. The molecule has 5 nitrogen and oxygen atoms in total. The zero-order valence-electron chi connectivity index (χ0n) is 12.1. The minimum absolute atomic E-state index is 0.0875. The number of likely N-dealkylation sites (tertiary alicyclic amines) is 1. The van der Waals surface area contributed by atoms with Gasteiger partial charge < -0.3 is 10.2 Å². The number of carbonyl (C=O) groups excluding carboxylic acids is 2. The highest BCUT2D eigenvalue weighted by Crippen LogP contribution is 2.17. The van der Waals surface area contributed by atoms with Gasteiger partial charge in [-0.15, -0.1) is 11.3 Å². The van der Waals surface area contributed by atoms with Gasteiger partial charge in [0.15, 0.2) is 0 Å². The third kappa shape index (κ3) is 3.33. The molecule has 0 spiro atoms. The number of piperidine rings is 1. The van der Waals surface area contributed by atoms with Crippen LogP contribution in [-0.2, 0) is 0 Å². The lowest BCUT2D eigenvalue weighted by molar-refractivity contribution is 0.0702. The molecule has 114 valence electrons. The lowest BCUT2D eigenvalue weighted by Gasteiger charge is -2.32. The molecule has 0 radical (unpaired) electrons. The Morgan fingerprint density at radius 2 is 2.00 bits per heavy atom. The molecule has 1 aliphatic heterocycles. The van der Waals surface area contributed by atoms with Crippen molar-refractivity contribution in [2.75, 3.05) is 13.1 Å². The average molecular weight is 315 g/mol. The van der Waals surface area contributed by atoms with E-state index in [0.29, 0.717) is 18.8 Å². The molecule has 3 rings (SSSR count). The van der Waals surface area contributed by atoms with Gasteiger partial charge in [-0.3, -0.25) is 14.6 Å². The molecule has 22 heavy (non-hydrogen) atoms. The monoisotopic (exact) mass is 315 g/mol. The smallest absolute Gasteiger partial charge is 0.270 e. The predicted molar refractivity (Wildman–Crippen MR) is 84.9 cm³/mol. The van der Waals surface area contributed by atoms with Crippen molar-refractivity contribution >= 4 is 23.2 Å². The van der Waals surface area contributed by atoms with E-state index in [4.69, 9.17) is 0 Å². The molecule has 0 saturated carbocycles. The van der Waals surface area contributed by atoms with Crippen molar-refractivity contribution in [2.24, 2.45) is 0 Å². The number of hydrogen-bond donors (Lipinski definition) is 1. The van der Waals surface area contributed by atoms with E-state index < -0.39 is 0 Å². The molecule has 1 saturated heterocycles. The van der Waals surface area contributed by atoms with Gasteiger partial charge in [-0.2, -0.15) is 0 Å². The largest absolute Gasteiger partial charge is 0.348 e. The maximum absolute atomic E-state index is 12.3. The summed E-state index contributed by atoms with van der Waals surface area (Å²) in [6.45, 7) is 1.34. The third-order valence-corrected chi connectivity index (χ3v) is 4.60. The number of aromatic nitrogens is 1. The first kappa shape index (κ1) is 14.7. The highest BCUT2D eigenvalue weighted by atomic mass is 32.1. The second-order valence-corrected chi connectivity index (χ2v) is 6.18. The number of nitrogens with zero attached hydrogens (tertiary/aromatic N) is 2. The number of hydrogen-bond acceptors (Lipinski definition) is 4. The van der Waals surface area contributed by atoms with E-state index in [1.54, 1.807) is 24.4 Å². The van der Waals surface area contributed by atoms with Gasteiger partial charge in [-0.05, 0) is 36.4 Å². The molecule has 0 bridgehead atoms. The molecular formula is C16H17N3O2S. The molecular weight excluding hydrogens is 298 g/mol. The van der Waals surface area contributed by atoms with Crippen LogP contribution < -0.4 is 5.32 Å². The van der Waals surface area contributed by atoms with Crippen molar-refractivity contribution in [3.63, 3.8) is 0 Å². The zero-order chi connectivity index (χ0) is 15.4. The number of nitrogens with one attached hydrogen (secondary N) is 1. The molecule has 2 amide bonds. The molecule has 1 fully saturated rings. The van der Waals surface area contributed by atoms with Crippen LogP contribution in [0.2, 0.25) is 0 Å². The number of rotatable bonds is 3. The Kier molecular flexibility index (Phi) is 4.48. The zero-order valence-corrected chi connectivity index (χ0v) is 12.9. The Morgan fingerprint density at radius 1 is 1.18 bits per heavy atom. The SMILES string of the molecule is O=C(NC1CCN(C(=O)c2cccs2)CC1)c1ccccn1. The van der Waals surface area contributed by atoms with Crippen LogP contribution in [0.4, 0.5) is 0 Å². The normalized spacial score (nSPS) is 15.5. The first-order valence-electron chi connectivity index (χ1n) is 7.29. The molecule has 0 atom stereocenters. The van der Waals surface area contributed by atoms with E-state index in [1.165, 1.54) is 11.3 Å². The van der Waals surface area contributed by atoms with Gasteiger partial charge >= 0.3 is 0 Å². The standard InChI is InChI=1S/C16H17N3O2S/c20-15(13-4-1-2-8-17-13)18-12-6-9-19(10-7-12)16(21)14-5-3-11-22-14/h1-5,8,11-12H,6-7,9-10H2,(H,18,20). The van der Waals surface area contributed by atoms with Gasteiger partial charge in [0.05, 0.1) is 4.88 Å². The van der Waals surface area contributed by atoms with Crippen LogP contribution >= 0.6 is 11.3 Å². The second kappa shape index (κ2) is 6.70. The molecule has 2 aromatic heterocycles. The van der Waals surface area contributed by atoms with Gasteiger partial charge in [0.2, 0.25) is 0 Å². The summed E-state index contributed by atoms with van der Waals surface area (Å²) in [6.07, 6.45) is 3.16. The predicted octanol–water partition coefficient (Wildman–Crippen LogP) is 2.18. The fourth-order valence-electron chi connectivity index (χ4n) is 2.54. The first-order chi connectivity index (χ1) is 10.7. The van der Waals surface area contributed by atoms with Gasteiger partial charge in [0.1, 0.15) is 5.69 Å². The number of amides is 2. The van der Waals surface area contributed by atoms with Crippen molar-refractivity contribution in [1.82, 2.24) is 15.2 Å². The molecule has 2 aromatic rings. The van der Waals surface area contributed by atoms with Crippen molar-refractivity contribution in [2.45, 2.75) is 18.9 Å². The van der Waals surface area contributed by atoms with Crippen LogP contribution in [0.25, 0.3) is 0 Å². The summed E-state index contributed by atoms with van der Waals surface area (Å²) >= 11 is 1.46. The quantitative estimate of drug-likeness (QED) is 0.944. The highest BCUT2D eigenvalue weighted by molar-refractivity contribution is 7.12. The fraction of sp³-hybridized carbons (Fsp3) is 0.312. The van der Waals surface area contributed by atoms with E-state index in [9.17, 15) is 9.59 Å². The Bertz CT molecular complexity index is 635. The van der Waals surface area contributed by atoms with Gasteiger partial charge in [0.25, 0.3) is 11.8 Å². The maximum atomic E-state index is 12.3. The fourth-order valence-corrected chi connectivity index (χ4v) is 3.23. The molecule has 3 heterocycles. The van der Waals surface area contributed by atoms with Crippen LogP contribution in [0.1, 0.15) is 33.0 Å². The lowest BCUT2D eigenvalue weighted by atomic mass is 10.0. The minimum atomic E-state index is -0.149. The van der Waals surface area contributed by atoms with Gasteiger partial charge in [0, 0.05) is 25.3 Å². The second-order valence-electron chi connectivity index (χ2n) is 5.23. The number of carbonyl (C=O) groups is 2. The lowest BCUT2D eigenvalue weighted by Crippen LogP contribution is -2.46. The Morgan fingerprint density at radius 3 is 2.64 bits per heavy atom. The topological polar surface area (TPSA) is 62.3 Å². The van der Waals surface area contributed by atoms with Crippen molar-refractivity contribution in [3.05, 3.63) is 52.5 Å². The van der Waals surface area contributed by atoms with E-state index in [2.05, 4.69) is 10.3 Å². The number of thiophene rings is 1. The highest BCUT2D eigenvalue weighted by Gasteiger charge is 2.25. The van der Waals surface area contributed by atoms with E-state index in [1.807, 2.05) is 22.4 Å². The Labute approximate surface area is 133 Å². The van der Waals surface area contributed by atoms with Crippen LogP contribution in [0.3, 0.4) is 0 Å². The Balaban J connectivity index is 1.52. The summed E-state index contributed by atoms with van der Waals surface area (Å²) in [7, 11) is 0. The Hall–Kier alpha value is -2.21. The first-order valence-corrected chi connectivity index (χ1v) is 8.16. The average Bonchev–Trinajstić information content (AvgIpc) is 3.10. The van der Waals surface area contributed by atoms with Gasteiger partial charge in [-0.25, -0.2) is 0 Å². The van der Waals surface area contributed by atoms with Crippen LogP contribution in [0.15, 0.2) is 41.9 Å². The summed E-state index contributed by atoms with van der Waals surface area (Å²) in [4.78, 5) is 31.0. The van der Waals surface area contributed by atoms with Crippen molar-refractivity contribution < 1.29 is 9.59 Å². The summed E-state index contributed by atoms with van der Waals surface area (Å²) in [5.41, 5.74) is 0.430. The van der Waals surface area contributed by atoms with Crippen LogP contribution in [0, 0.1) is 0 Å². The molecule has 1 aliphatic rings. The van der Waals surface area contributed by atoms with E-state index in [-0.39, 0.29) is 17.9 Å². The van der Waals surface area contributed by atoms with Crippen LogP contribution in [-0.4, -0.2) is 40.8 Å². The molecule has 6 heteroatoms. The summed E-state index contributed by atoms with van der Waals surface area (Å²) in [6, 6.07) is 9.11. The molecule has 0 aliphatic carbocycles. The van der Waals surface area contributed by atoms with Crippen molar-refractivity contribution in [3.8, 4) is 0 Å². The van der Waals surface area contributed by atoms with E-state index >= 15 is 0 Å². The molecule has 1 N–H and O–H groups in total. The minimum Gasteiger partial charge on any atom is -0.348 e. The number of pyridine rings is 1. The van der Waals surface area contributed by atoms with Crippen molar-refractivity contribution in [1.29, 1.82) is 0 Å². The molecule has 0 unspecified atom stereocenters. The summed E-state index contributed by atoms with van der Waals surface area (Å²) in [5.74, 6) is -0.0619.